The van der Waals surface area contributed by atoms with Gasteiger partial charge in [-0.05, 0) is 42.7 Å². The first-order chi connectivity index (χ1) is 11.8. The smallest absolute Gasteiger partial charge is 0.294 e. The lowest BCUT2D eigenvalue weighted by Crippen LogP contribution is -2.25. The molecule has 2 aromatic rings. The van der Waals surface area contributed by atoms with Crippen LogP contribution in [0.3, 0.4) is 0 Å². The molecule has 7 heteroatoms. The molecule has 132 valence electrons. The van der Waals surface area contributed by atoms with Crippen LogP contribution in [-0.2, 0) is 11.2 Å². The number of carbonyl (C=O) groups excluding carboxylic acids is 1. The summed E-state index contributed by atoms with van der Waals surface area (Å²) in [7, 11) is 0. The third-order valence-electron chi connectivity index (χ3n) is 3.93. The van der Waals surface area contributed by atoms with Crippen LogP contribution in [0.4, 0.5) is 17.1 Å². The van der Waals surface area contributed by atoms with Crippen molar-refractivity contribution in [3.8, 4) is 0 Å². The first-order valence-corrected chi connectivity index (χ1v) is 7.89. The summed E-state index contributed by atoms with van der Waals surface area (Å²) in [5.41, 5.74) is 2.15. The van der Waals surface area contributed by atoms with Crippen LogP contribution in [-0.4, -0.2) is 22.4 Å². The molecule has 7 nitrogen and oxygen atoms in total. The second-order valence-corrected chi connectivity index (χ2v) is 6.02. The number of hydrazine groups is 1. The minimum atomic E-state index is -0.516. The number of benzene rings is 2. The number of hydrogen-bond donors (Lipinski definition) is 2. The van der Waals surface area contributed by atoms with Gasteiger partial charge >= 0.3 is 0 Å². The van der Waals surface area contributed by atoms with Crippen molar-refractivity contribution in [3.63, 3.8) is 0 Å². The van der Waals surface area contributed by atoms with Crippen LogP contribution in [0.15, 0.2) is 42.5 Å². The highest BCUT2D eigenvalue weighted by molar-refractivity contribution is 5.73. The van der Waals surface area contributed by atoms with E-state index in [-0.39, 0.29) is 11.4 Å². The summed E-state index contributed by atoms with van der Waals surface area (Å²) in [6, 6.07) is 11.7. The van der Waals surface area contributed by atoms with Crippen LogP contribution >= 0.6 is 0 Å². The number of aliphatic hydroxyl groups excluding tert-OH is 1. The summed E-state index contributed by atoms with van der Waals surface area (Å²) in [5, 5.41) is 22.1. The third-order valence-corrected chi connectivity index (χ3v) is 3.93. The lowest BCUT2D eigenvalue weighted by molar-refractivity contribution is -0.384. The van der Waals surface area contributed by atoms with Gasteiger partial charge in [-0.15, -0.1) is 0 Å². The number of nitrogens with zero attached hydrogens (tertiary/aromatic N) is 2. The molecule has 1 unspecified atom stereocenters. The maximum absolute atomic E-state index is 11.4. The monoisotopic (exact) mass is 343 g/mol. The molecule has 2 atom stereocenters. The number of aldehydes is 1. The summed E-state index contributed by atoms with van der Waals surface area (Å²) < 4.78 is 0. The molecule has 0 saturated carbocycles. The van der Waals surface area contributed by atoms with Crippen molar-refractivity contribution in [1.29, 1.82) is 0 Å². The zero-order chi connectivity index (χ0) is 18.6. The van der Waals surface area contributed by atoms with E-state index in [9.17, 15) is 20.0 Å². The Morgan fingerprint density at radius 3 is 2.40 bits per heavy atom. The SMILES string of the molecule is CC(C=O)c1ccc(N(N)c2ccc(C[C@@H](C)O)cc2)c([N+](=O)[O-])c1. The Balaban J connectivity index is 2.36. The van der Waals surface area contributed by atoms with Crippen molar-refractivity contribution in [2.24, 2.45) is 5.84 Å². The van der Waals surface area contributed by atoms with Crippen LogP contribution in [0, 0.1) is 10.1 Å². The van der Waals surface area contributed by atoms with E-state index >= 15 is 0 Å². The fraction of sp³-hybridized carbons (Fsp3) is 0.278. The van der Waals surface area contributed by atoms with Crippen molar-refractivity contribution < 1.29 is 14.8 Å². The number of hydrogen-bond acceptors (Lipinski definition) is 6. The molecule has 0 bridgehead atoms. The number of nitro groups is 1. The van der Waals surface area contributed by atoms with E-state index in [1.165, 1.54) is 17.1 Å². The van der Waals surface area contributed by atoms with Gasteiger partial charge in [0, 0.05) is 12.0 Å². The number of nitro benzene ring substituents is 1. The minimum Gasteiger partial charge on any atom is -0.393 e. The summed E-state index contributed by atoms with van der Waals surface area (Å²) in [4.78, 5) is 21.8. The fourth-order valence-electron chi connectivity index (χ4n) is 2.53. The van der Waals surface area contributed by atoms with Crippen molar-refractivity contribution >= 4 is 23.3 Å². The van der Waals surface area contributed by atoms with Crippen molar-refractivity contribution in [3.05, 3.63) is 63.7 Å². The van der Waals surface area contributed by atoms with E-state index in [1.54, 1.807) is 32.0 Å². The molecule has 0 aromatic heterocycles. The van der Waals surface area contributed by atoms with Gasteiger partial charge < -0.3 is 9.90 Å². The predicted molar refractivity (Wildman–Crippen MR) is 95.7 cm³/mol. The van der Waals surface area contributed by atoms with E-state index in [0.29, 0.717) is 17.7 Å². The number of rotatable bonds is 7. The molecular weight excluding hydrogens is 322 g/mol. The first kappa shape index (κ1) is 18.6. The molecule has 0 aliphatic rings. The molecule has 25 heavy (non-hydrogen) atoms. The molecule has 0 aliphatic heterocycles. The van der Waals surface area contributed by atoms with Crippen molar-refractivity contribution in [1.82, 2.24) is 0 Å². The highest BCUT2D eigenvalue weighted by atomic mass is 16.6. The fourth-order valence-corrected chi connectivity index (χ4v) is 2.53. The Bertz CT molecular complexity index is 759. The second-order valence-electron chi connectivity index (χ2n) is 6.02. The first-order valence-electron chi connectivity index (χ1n) is 7.89. The van der Waals surface area contributed by atoms with Gasteiger partial charge in [-0.1, -0.05) is 25.1 Å². The maximum atomic E-state index is 11.4. The standard InChI is InChI=1S/C18H21N3O4/c1-12(11-22)15-5-8-17(18(10-15)21(24)25)20(19)16-6-3-14(4-7-16)9-13(2)23/h3-8,10-13,23H,9,19H2,1-2H3/t12?,13-/m1/s1. The molecule has 0 radical (unpaired) electrons. The van der Waals surface area contributed by atoms with Crippen LogP contribution in [0.1, 0.15) is 30.9 Å². The van der Waals surface area contributed by atoms with Gasteiger partial charge in [0.25, 0.3) is 5.69 Å². The quantitative estimate of drug-likeness (QED) is 0.346. The lowest BCUT2D eigenvalue weighted by Gasteiger charge is -2.20. The normalized spacial score (nSPS) is 13.1. The van der Waals surface area contributed by atoms with Crippen LogP contribution < -0.4 is 10.9 Å². The molecule has 0 saturated heterocycles. The van der Waals surface area contributed by atoms with Gasteiger partial charge in [-0.3, -0.25) is 15.1 Å². The van der Waals surface area contributed by atoms with Gasteiger partial charge in [-0.2, -0.15) is 0 Å². The summed E-state index contributed by atoms with van der Waals surface area (Å²) in [5.74, 6) is 5.64. The van der Waals surface area contributed by atoms with Gasteiger partial charge in [0.15, 0.2) is 0 Å². The molecular formula is C18H21N3O4. The highest BCUT2D eigenvalue weighted by Crippen LogP contribution is 2.33. The average Bonchev–Trinajstić information content (AvgIpc) is 2.60. The van der Waals surface area contributed by atoms with E-state index in [1.807, 2.05) is 12.1 Å². The number of carbonyl (C=O) groups is 1. The van der Waals surface area contributed by atoms with Gasteiger partial charge in [0.2, 0.25) is 0 Å². The van der Waals surface area contributed by atoms with E-state index in [2.05, 4.69) is 0 Å². The van der Waals surface area contributed by atoms with Gasteiger partial charge in [-0.25, -0.2) is 5.84 Å². The Morgan fingerprint density at radius 1 is 1.24 bits per heavy atom. The number of aliphatic hydroxyl groups is 1. The van der Waals surface area contributed by atoms with Gasteiger partial charge in [0.05, 0.1) is 16.7 Å². The maximum Gasteiger partial charge on any atom is 0.294 e. The summed E-state index contributed by atoms with van der Waals surface area (Å²) >= 11 is 0. The Kier molecular flexibility index (Phi) is 5.84. The van der Waals surface area contributed by atoms with Crippen LogP contribution in [0.5, 0.6) is 0 Å². The molecule has 2 rings (SSSR count). The summed E-state index contributed by atoms with van der Waals surface area (Å²) in [6.45, 7) is 3.38. The van der Waals surface area contributed by atoms with E-state index in [4.69, 9.17) is 5.84 Å². The Hall–Kier alpha value is -2.77. The number of anilines is 2. The topological polar surface area (TPSA) is 110 Å². The zero-order valence-corrected chi connectivity index (χ0v) is 14.1. The molecule has 0 amide bonds. The van der Waals surface area contributed by atoms with Gasteiger partial charge in [0.1, 0.15) is 12.0 Å². The van der Waals surface area contributed by atoms with E-state index in [0.717, 1.165) is 11.8 Å². The van der Waals surface area contributed by atoms with Crippen LogP contribution in [0.25, 0.3) is 0 Å². The van der Waals surface area contributed by atoms with Crippen molar-refractivity contribution in [2.75, 3.05) is 5.01 Å². The molecule has 3 N–H and O–H groups in total. The predicted octanol–water partition coefficient (Wildman–Crippen LogP) is 2.83. The minimum absolute atomic E-state index is 0.165. The molecule has 0 spiro atoms. The van der Waals surface area contributed by atoms with Crippen LogP contribution in [0.2, 0.25) is 0 Å². The zero-order valence-electron chi connectivity index (χ0n) is 14.1. The largest absolute Gasteiger partial charge is 0.393 e. The van der Waals surface area contributed by atoms with Crippen molar-refractivity contribution in [2.45, 2.75) is 32.3 Å². The number of nitrogens with two attached hydrogens (primary N) is 1. The highest BCUT2D eigenvalue weighted by Gasteiger charge is 2.21. The Labute approximate surface area is 145 Å². The average molecular weight is 343 g/mol. The Morgan fingerprint density at radius 2 is 1.88 bits per heavy atom. The molecule has 2 aromatic carbocycles. The van der Waals surface area contributed by atoms with E-state index < -0.39 is 16.9 Å². The lowest BCUT2D eigenvalue weighted by atomic mass is 10.0. The molecule has 0 heterocycles. The third kappa shape index (κ3) is 4.40. The second kappa shape index (κ2) is 7.87. The molecule has 0 fully saturated rings. The summed E-state index contributed by atoms with van der Waals surface area (Å²) in [6.07, 6.45) is 0.802. The molecule has 0 aliphatic carbocycles.